The molecular formula is C23H25ClO3. The van der Waals surface area contributed by atoms with E-state index in [9.17, 15) is 9.59 Å². The number of carbonyl (C=O) groups excluding carboxylic acids is 2. The molecule has 0 atom stereocenters. The molecule has 0 amide bonds. The Morgan fingerprint density at radius 2 is 1.74 bits per heavy atom. The van der Waals surface area contributed by atoms with Gasteiger partial charge in [-0.05, 0) is 54.5 Å². The molecule has 0 heterocycles. The number of rotatable bonds is 10. The molecule has 0 radical (unpaired) electrons. The zero-order valence-corrected chi connectivity index (χ0v) is 16.4. The molecule has 4 heteroatoms. The van der Waals surface area contributed by atoms with Gasteiger partial charge in [-0.25, -0.2) is 0 Å². The van der Waals surface area contributed by atoms with E-state index < -0.39 is 0 Å². The molecule has 27 heavy (non-hydrogen) atoms. The van der Waals surface area contributed by atoms with Gasteiger partial charge in [-0.3, -0.25) is 9.59 Å². The lowest BCUT2D eigenvalue weighted by molar-refractivity contribution is -0.134. The van der Waals surface area contributed by atoms with E-state index in [1.165, 1.54) is 18.9 Å². The molecule has 2 aromatic rings. The molecule has 0 aromatic heterocycles. The number of halogens is 1. The van der Waals surface area contributed by atoms with Crippen LogP contribution in [0, 0.1) is 0 Å². The molecule has 2 aromatic carbocycles. The second kappa shape index (κ2) is 11.3. The monoisotopic (exact) mass is 384 g/mol. The van der Waals surface area contributed by atoms with E-state index in [4.69, 9.17) is 16.3 Å². The van der Waals surface area contributed by atoms with Crippen molar-refractivity contribution in [2.45, 2.75) is 45.4 Å². The Balaban J connectivity index is 1.83. The summed E-state index contributed by atoms with van der Waals surface area (Å²) in [5.41, 5.74) is 1.40. The maximum Gasteiger partial charge on any atom is 0.311 e. The van der Waals surface area contributed by atoms with E-state index >= 15 is 0 Å². The minimum atomic E-state index is -0.230. The second-order valence-corrected chi connectivity index (χ2v) is 6.85. The molecule has 0 saturated heterocycles. The van der Waals surface area contributed by atoms with E-state index in [0.29, 0.717) is 22.8 Å². The van der Waals surface area contributed by atoms with Crippen molar-refractivity contribution in [3.8, 4) is 5.75 Å². The summed E-state index contributed by atoms with van der Waals surface area (Å²) in [6, 6.07) is 13.9. The van der Waals surface area contributed by atoms with Crippen LogP contribution in [-0.4, -0.2) is 11.8 Å². The second-order valence-electron chi connectivity index (χ2n) is 6.42. The third kappa shape index (κ3) is 7.79. The van der Waals surface area contributed by atoms with Gasteiger partial charge in [0.15, 0.2) is 5.78 Å². The van der Waals surface area contributed by atoms with Gasteiger partial charge < -0.3 is 4.74 Å². The summed E-state index contributed by atoms with van der Waals surface area (Å²) >= 11 is 5.93. The van der Waals surface area contributed by atoms with Crippen LogP contribution < -0.4 is 4.74 Å². The molecular weight excluding hydrogens is 360 g/mol. The Morgan fingerprint density at radius 3 is 2.44 bits per heavy atom. The maximum absolute atomic E-state index is 12.2. The Labute approximate surface area is 166 Å². The van der Waals surface area contributed by atoms with Crippen molar-refractivity contribution >= 4 is 29.4 Å². The van der Waals surface area contributed by atoms with Crippen LogP contribution in [0.2, 0.25) is 5.02 Å². The minimum Gasteiger partial charge on any atom is -0.427 e. The van der Waals surface area contributed by atoms with Crippen molar-refractivity contribution in [2.24, 2.45) is 0 Å². The smallest absolute Gasteiger partial charge is 0.311 e. The number of ether oxygens (including phenoxy) is 1. The van der Waals surface area contributed by atoms with Crippen LogP contribution in [-0.2, 0) is 4.79 Å². The van der Waals surface area contributed by atoms with Gasteiger partial charge in [0.2, 0.25) is 0 Å². The molecule has 0 aliphatic rings. The molecule has 0 spiro atoms. The van der Waals surface area contributed by atoms with E-state index in [1.54, 1.807) is 42.5 Å². The Bertz CT molecular complexity index is 778. The summed E-state index contributed by atoms with van der Waals surface area (Å²) in [5.74, 6) is 0.110. The van der Waals surface area contributed by atoms with Crippen LogP contribution in [0.25, 0.3) is 6.08 Å². The molecule has 0 saturated carbocycles. The number of allylic oxidation sites excluding steroid dienone is 1. The number of esters is 1. The molecule has 0 aliphatic heterocycles. The van der Waals surface area contributed by atoms with E-state index in [0.717, 1.165) is 24.8 Å². The van der Waals surface area contributed by atoms with E-state index in [2.05, 4.69) is 6.92 Å². The van der Waals surface area contributed by atoms with Gasteiger partial charge in [-0.2, -0.15) is 0 Å². The highest BCUT2D eigenvalue weighted by Crippen LogP contribution is 2.16. The highest BCUT2D eigenvalue weighted by molar-refractivity contribution is 6.30. The fourth-order valence-electron chi connectivity index (χ4n) is 2.62. The van der Waals surface area contributed by atoms with Crippen molar-refractivity contribution in [3.63, 3.8) is 0 Å². The quantitative estimate of drug-likeness (QED) is 0.154. The molecule has 0 fully saturated rings. The van der Waals surface area contributed by atoms with Gasteiger partial charge in [0.25, 0.3) is 0 Å². The Kier molecular flexibility index (Phi) is 8.79. The van der Waals surface area contributed by atoms with E-state index in [1.807, 2.05) is 12.1 Å². The summed E-state index contributed by atoms with van der Waals surface area (Å²) in [6.07, 6.45) is 9.10. The van der Waals surface area contributed by atoms with Gasteiger partial charge >= 0.3 is 5.97 Å². The Morgan fingerprint density at radius 1 is 1.00 bits per heavy atom. The first-order chi connectivity index (χ1) is 13.1. The van der Waals surface area contributed by atoms with Crippen LogP contribution in [0.5, 0.6) is 5.75 Å². The number of hydrogen-bond acceptors (Lipinski definition) is 3. The first-order valence-corrected chi connectivity index (χ1v) is 9.75. The fourth-order valence-corrected chi connectivity index (χ4v) is 2.82. The lowest BCUT2D eigenvalue weighted by Crippen LogP contribution is -2.07. The molecule has 142 valence electrons. The van der Waals surface area contributed by atoms with Crippen molar-refractivity contribution in [2.75, 3.05) is 0 Å². The average Bonchev–Trinajstić information content (AvgIpc) is 2.66. The number of unbranched alkanes of at least 4 members (excludes halogenated alkanes) is 4. The summed E-state index contributed by atoms with van der Waals surface area (Å²) in [6.45, 7) is 2.16. The number of ketones is 1. The SMILES string of the molecule is CCCCCCCC(=O)Oc1ccc(C(=O)/C=C/c2cccc(Cl)c2)cc1. The standard InChI is InChI=1S/C23H25ClO3/c1-2-3-4-5-6-10-23(26)27-21-14-12-19(13-15-21)22(25)16-11-18-8-7-9-20(24)17-18/h7-9,11-17H,2-6,10H2,1H3/b16-11+. The predicted molar refractivity (Wildman–Crippen MR) is 110 cm³/mol. The summed E-state index contributed by atoms with van der Waals surface area (Å²) < 4.78 is 5.32. The first-order valence-electron chi connectivity index (χ1n) is 9.37. The van der Waals surface area contributed by atoms with Gasteiger partial charge in [0.1, 0.15) is 5.75 Å². The van der Waals surface area contributed by atoms with Gasteiger partial charge in [-0.15, -0.1) is 0 Å². The molecule has 0 unspecified atom stereocenters. The molecule has 0 N–H and O–H groups in total. The summed E-state index contributed by atoms with van der Waals surface area (Å²) in [5, 5.41) is 0.626. The van der Waals surface area contributed by atoms with Crippen molar-refractivity contribution in [1.29, 1.82) is 0 Å². The third-order valence-electron chi connectivity index (χ3n) is 4.13. The summed E-state index contributed by atoms with van der Waals surface area (Å²) in [4.78, 5) is 24.1. The van der Waals surface area contributed by atoms with Crippen molar-refractivity contribution in [3.05, 3.63) is 70.8 Å². The van der Waals surface area contributed by atoms with Crippen LogP contribution in [0.3, 0.4) is 0 Å². The largest absolute Gasteiger partial charge is 0.427 e. The predicted octanol–water partition coefficient (Wildman–Crippen LogP) is 6.50. The summed E-state index contributed by atoms with van der Waals surface area (Å²) in [7, 11) is 0. The molecule has 0 bridgehead atoms. The van der Waals surface area contributed by atoms with Crippen LogP contribution in [0.1, 0.15) is 61.4 Å². The normalized spacial score (nSPS) is 10.9. The van der Waals surface area contributed by atoms with Gasteiger partial charge in [0.05, 0.1) is 0 Å². The van der Waals surface area contributed by atoms with E-state index in [-0.39, 0.29) is 11.8 Å². The zero-order valence-electron chi connectivity index (χ0n) is 15.6. The molecule has 2 rings (SSSR count). The van der Waals surface area contributed by atoms with Crippen molar-refractivity contribution in [1.82, 2.24) is 0 Å². The zero-order chi connectivity index (χ0) is 19.5. The number of hydrogen-bond donors (Lipinski definition) is 0. The topological polar surface area (TPSA) is 43.4 Å². The van der Waals surface area contributed by atoms with Gasteiger partial charge in [-0.1, -0.05) is 62.4 Å². The lowest BCUT2D eigenvalue weighted by atomic mass is 10.1. The van der Waals surface area contributed by atoms with Crippen molar-refractivity contribution < 1.29 is 14.3 Å². The number of carbonyl (C=O) groups is 2. The highest BCUT2D eigenvalue weighted by Gasteiger charge is 2.07. The van der Waals surface area contributed by atoms with Gasteiger partial charge in [0, 0.05) is 17.0 Å². The molecule has 0 aliphatic carbocycles. The highest BCUT2D eigenvalue weighted by atomic mass is 35.5. The third-order valence-corrected chi connectivity index (χ3v) is 4.37. The average molecular weight is 385 g/mol. The van der Waals surface area contributed by atoms with Crippen LogP contribution in [0.15, 0.2) is 54.6 Å². The minimum absolute atomic E-state index is 0.122. The molecule has 3 nitrogen and oxygen atoms in total. The fraction of sp³-hybridized carbons (Fsp3) is 0.304. The number of benzene rings is 2. The Hall–Kier alpha value is -2.39. The maximum atomic E-state index is 12.2. The van der Waals surface area contributed by atoms with Crippen LogP contribution >= 0.6 is 11.6 Å². The van der Waals surface area contributed by atoms with Crippen LogP contribution in [0.4, 0.5) is 0 Å². The lowest BCUT2D eigenvalue weighted by Gasteiger charge is -2.05. The first kappa shape index (κ1) is 20.9.